The summed E-state index contributed by atoms with van der Waals surface area (Å²) >= 11 is 0. The van der Waals surface area contributed by atoms with E-state index in [0.29, 0.717) is 52.1 Å². The molecule has 4 aromatic rings. The number of nitrogens with zero attached hydrogens (tertiary/aromatic N) is 4. The van der Waals surface area contributed by atoms with Gasteiger partial charge in [0, 0.05) is 30.3 Å². The molecule has 1 aliphatic carbocycles. The highest BCUT2D eigenvalue weighted by Crippen LogP contribution is 2.34. The Labute approximate surface area is 192 Å². The smallest absolute Gasteiger partial charge is 0.393 e. The zero-order chi connectivity index (χ0) is 24.0. The molecule has 5 rings (SSSR count). The van der Waals surface area contributed by atoms with Crippen LogP contribution in [0.5, 0.6) is 0 Å². The normalized spacial score (nSPS) is 19.0. The van der Waals surface area contributed by atoms with Gasteiger partial charge < -0.3 is 10.1 Å². The molecule has 0 radical (unpaired) electrons. The molecule has 34 heavy (non-hydrogen) atoms. The van der Waals surface area contributed by atoms with Crippen LogP contribution in [-0.4, -0.2) is 35.9 Å². The maximum Gasteiger partial charge on any atom is 0.416 e. The van der Waals surface area contributed by atoms with Crippen LogP contribution < -0.4 is 5.56 Å². The van der Waals surface area contributed by atoms with Gasteiger partial charge in [0.05, 0.1) is 28.9 Å². The van der Waals surface area contributed by atoms with Crippen molar-refractivity contribution in [3.05, 3.63) is 64.5 Å². The third-order valence-electron chi connectivity index (χ3n) is 6.28. The summed E-state index contributed by atoms with van der Waals surface area (Å²) in [4.78, 5) is 25.5. The summed E-state index contributed by atoms with van der Waals surface area (Å²) in [6, 6.07) is 6.22. The van der Waals surface area contributed by atoms with E-state index in [-0.39, 0.29) is 17.6 Å². The highest BCUT2D eigenvalue weighted by Gasteiger charge is 2.30. The van der Waals surface area contributed by atoms with Gasteiger partial charge in [0.2, 0.25) is 0 Å². The van der Waals surface area contributed by atoms with Gasteiger partial charge in [0.1, 0.15) is 17.0 Å². The van der Waals surface area contributed by atoms with Crippen molar-refractivity contribution in [2.45, 2.75) is 43.9 Å². The molecule has 0 amide bonds. The van der Waals surface area contributed by atoms with Crippen molar-refractivity contribution in [3.63, 3.8) is 0 Å². The van der Waals surface area contributed by atoms with Gasteiger partial charge in [-0.05, 0) is 43.9 Å². The largest absolute Gasteiger partial charge is 0.416 e. The van der Waals surface area contributed by atoms with E-state index >= 15 is 0 Å². The zero-order valence-corrected chi connectivity index (χ0v) is 18.3. The molecule has 7 nitrogen and oxygen atoms in total. The number of pyridine rings is 1. The van der Waals surface area contributed by atoms with E-state index in [1.807, 2.05) is 0 Å². The third-order valence-corrected chi connectivity index (χ3v) is 6.28. The van der Waals surface area contributed by atoms with Crippen molar-refractivity contribution >= 4 is 10.9 Å². The topological polar surface area (TPSA) is 96.7 Å². The van der Waals surface area contributed by atoms with Gasteiger partial charge in [0.25, 0.3) is 5.56 Å². The van der Waals surface area contributed by atoms with Crippen LogP contribution >= 0.6 is 0 Å². The number of fused-ring (bicyclic) bond motifs is 1. The van der Waals surface area contributed by atoms with Gasteiger partial charge >= 0.3 is 6.18 Å². The van der Waals surface area contributed by atoms with Crippen molar-refractivity contribution in [2.75, 3.05) is 0 Å². The molecule has 0 bridgehead atoms. The summed E-state index contributed by atoms with van der Waals surface area (Å²) in [5.74, 6) is 0.579. The number of halogens is 3. The minimum atomic E-state index is -4.44. The summed E-state index contributed by atoms with van der Waals surface area (Å²) in [7, 11) is 1.75. The summed E-state index contributed by atoms with van der Waals surface area (Å²) in [5, 5.41) is 14.3. The Balaban J connectivity index is 1.67. The van der Waals surface area contributed by atoms with Crippen LogP contribution in [0.4, 0.5) is 13.2 Å². The van der Waals surface area contributed by atoms with Crippen LogP contribution in [0.3, 0.4) is 0 Å². The van der Waals surface area contributed by atoms with Crippen LogP contribution in [0, 0.1) is 0 Å². The summed E-state index contributed by atoms with van der Waals surface area (Å²) < 4.78 is 40.6. The number of hydrogen-bond donors (Lipinski definition) is 2. The minimum Gasteiger partial charge on any atom is -0.393 e. The monoisotopic (exact) mass is 469 g/mol. The van der Waals surface area contributed by atoms with E-state index in [1.54, 1.807) is 30.2 Å². The van der Waals surface area contributed by atoms with E-state index in [4.69, 9.17) is 9.97 Å². The summed E-state index contributed by atoms with van der Waals surface area (Å²) in [5.41, 5.74) is 1.20. The maximum absolute atomic E-state index is 13.1. The number of aromatic amines is 1. The highest BCUT2D eigenvalue weighted by molar-refractivity contribution is 5.93. The number of hydrogen-bond acceptors (Lipinski definition) is 5. The maximum atomic E-state index is 13.1. The second-order valence-corrected chi connectivity index (χ2v) is 8.69. The number of rotatable bonds is 3. The van der Waals surface area contributed by atoms with Gasteiger partial charge in [-0.2, -0.15) is 18.3 Å². The molecule has 0 unspecified atom stereocenters. The molecular weight excluding hydrogens is 447 g/mol. The molecular formula is C24H22F3N5O2. The van der Waals surface area contributed by atoms with E-state index in [1.165, 1.54) is 12.1 Å². The fraction of sp³-hybridized carbons (Fsp3) is 0.333. The average Bonchev–Trinajstić information content (AvgIpc) is 3.24. The van der Waals surface area contributed by atoms with Crippen molar-refractivity contribution in [1.82, 2.24) is 24.7 Å². The number of nitrogens with one attached hydrogen (secondary N) is 1. The molecule has 3 heterocycles. The van der Waals surface area contributed by atoms with E-state index in [0.717, 1.165) is 25.0 Å². The number of aryl methyl sites for hydroxylation is 1. The van der Waals surface area contributed by atoms with Crippen molar-refractivity contribution in [3.8, 4) is 22.5 Å². The molecule has 1 aliphatic rings. The predicted octanol–water partition coefficient (Wildman–Crippen LogP) is 4.42. The van der Waals surface area contributed by atoms with Crippen molar-refractivity contribution in [2.24, 2.45) is 7.05 Å². The fourth-order valence-corrected chi connectivity index (χ4v) is 4.42. The second-order valence-electron chi connectivity index (χ2n) is 8.69. The molecule has 3 aromatic heterocycles. The Kier molecular flexibility index (Phi) is 5.47. The second kappa shape index (κ2) is 8.35. The number of benzene rings is 1. The van der Waals surface area contributed by atoms with E-state index < -0.39 is 11.7 Å². The fourth-order valence-electron chi connectivity index (χ4n) is 4.42. The van der Waals surface area contributed by atoms with Crippen LogP contribution in [0.15, 0.2) is 47.5 Å². The van der Waals surface area contributed by atoms with Crippen molar-refractivity contribution in [1.29, 1.82) is 0 Å². The molecule has 0 spiro atoms. The molecule has 10 heteroatoms. The Hall–Kier alpha value is -3.53. The van der Waals surface area contributed by atoms with Crippen molar-refractivity contribution < 1.29 is 18.3 Å². The summed E-state index contributed by atoms with van der Waals surface area (Å²) in [6.07, 6.45) is 1.31. The van der Waals surface area contributed by atoms with E-state index in [2.05, 4.69) is 10.1 Å². The molecule has 1 saturated carbocycles. The molecule has 1 fully saturated rings. The Bertz CT molecular complexity index is 1400. The Morgan fingerprint density at radius 2 is 1.76 bits per heavy atom. The minimum absolute atomic E-state index is 0.0248. The Morgan fingerprint density at radius 1 is 1.06 bits per heavy atom. The van der Waals surface area contributed by atoms with Crippen LogP contribution in [0.1, 0.15) is 43.0 Å². The lowest BCUT2D eigenvalue weighted by Crippen LogP contribution is -2.21. The highest BCUT2D eigenvalue weighted by atomic mass is 19.4. The van der Waals surface area contributed by atoms with E-state index in [9.17, 15) is 23.1 Å². The van der Waals surface area contributed by atoms with Gasteiger partial charge in [-0.15, -0.1) is 0 Å². The Morgan fingerprint density at radius 3 is 2.38 bits per heavy atom. The first-order chi connectivity index (χ1) is 16.2. The number of alkyl halides is 3. The molecule has 0 saturated heterocycles. The molecule has 0 aliphatic heterocycles. The standard InChI is InChI=1S/C24H22F3N5O2/c1-32-12-15(11-28-32)20-21-18(23(34)31-22(30-21)14-4-8-17(33)9-5-14)10-19(29-20)13-2-6-16(7-3-13)24(25,26)27/h2-3,6-7,10-12,14,17,33H,4-5,8-9H2,1H3,(H,30,31,34). The predicted molar refractivity (Wildman–Crippen MR) is 120 cm³/mol. The lowest BCUT2D eigenvalue weighted by molar-refractivity contribution is -0.137. The number of aliphatic hydroxyl groups excluding tert-OH is 1. The quantitative estimate of drug-likeness (QED) is 0.463. The molecule has 2 N–H and O–H groups in total. The first-order valence-corrected chi connectivity index (χ1v) is 11.0. The first kappa shape index (κ1) is 22.3. The molecule has 0 atom stereocenters. The SMILES string of the molecule is Cn1cc(-c2nc(-c3ccc(C(F)(F)F)cc3)cc3c(=O)[nH]c(C4CCC(O)CC4)nc23)cn1. The lowest BCUT2D eigenvalue weighted by atomic mass is 9.87. The number of aromatic nitrogens is 5. The van der Waals surface area contributed by atoms with Gasteiger partial charge in [-0.25, -0.2) is 9.97 Å². The molecule has 1 aromatic carbocycles. The van der Waals surface area contributed by atoms with Crippen LogP contribution in [-0.2, 0) is 13.2 Å². The lowest BCUT2D eigenvalue weighted by Gasteiger charge is -2.24. The number of H-pyrrole nitrogens is 1. The van der Waals surface area contributed by atoms with Gasteiger partial charge in [-0.3, -0.25) is 9.48 Å². The number of aliphatic hydroxyl groups is 1. The third kappa shape index (κ3) is 4.21. The van der Waals surface area contributed by atoms with Crippen LogP contribution in [0.2, 0.25) is 0 Å². The summed E-state index contributed by atoms with van der Waals surface area (Å²) in [6.45, 7) is 0. The van der Waals surface area contributed by atoms with Gasteiger partial charge in [0.15, 0.2) is 0 Å². The average molecular weight is 469 g/mol. The molecule has 176 valence electrons. The zero-order valence-electron chi connectivity index (χ0n) is 18.3. The van der Waals surface area contributed by atoms with Crippen LogP contribution in [0.25, 0.3) is 33.4 Å². The first-order valence-electron chi connectivity index (χ1n) is 11.0. The van der Waals surface area contributed by atoms with Gasteiger partial charge in [-0.1, -0.05) is 12.1 Å².